The van der Waals surface area contributed by atoms with E-state index in [4.69, 9.17) is 8.22 Å². The van der Waals surface area contributed by atoms with Gasteiger partial charge in [-0.3, -0.25) is 0 Å². The van der Waals surface area contributed by atoms with Gasteiger partial charge < -0.3 is 0 Å². The fourth-order valence-corrected chi connectivity index (χ4v) is 15.6. The normalized spacial score (nSPS) is 15.7. The van der Waals surface area contributed by atoms with Gasteiger partial charge in [0.15, 0.2) is 16.1 Å². The van der Waals surface area contributed by atoms with Gasteiger partial charge in [0.05, 0.1) is 17.8 Å². The lowest BCUT2D eigenvalue weighted by Crippen LogP contribution is -2.78. The number of hydrogen-bond donors (Lipinski definition) is 0. The summed E-state index contributed by atoms with van der Waals surface area (Å²) in [6, 6.07) is 28.6. The number of hydrogen-bond acceptors (Lipinski definition) is 0. The molecule has 45 heavy (non-hydrogen) atoms. The quantitative estimate of drug-likeness (QED) is 0.152. The first-order valence-corrected chi connectivity index (χ1v) is 19.1. The van der Waals surface area contributed by atoms with Crippen molar-refractivity contribution in [3.05, 3.63) is 204 Å². The van der Waals surface area contributed by atoms with Crippen molar-refractivity contribution < 1.29 is 17.8 Å². The highest BCUT2D eigenvalue weighted by Crippen LogP contribution is 2.17. The molecular formula is C42H33BrSi2. The molecule has 0 unspecified atom stereocenters. The van der Waals surface area contributed by atoms with Gasteiger partial charge in [-0.05, 0) is 53.6 Å². The zero-order valence-corrected chi connectivity index (χ0v) is 27.5. The minimum atomic E-state index is -4.45. The molecule has 0 aliphatic rings. The van der Waals surface area contributed by atoms with Gasteiger partial charge >= 0.3 is 0 Å². The summed E-state index contributed by atoms with van der Waals surface area (Å²) in [6.07, 6.45) is 0. The van der Waals surface area contributed by atoms with Crippen molar-refractivity contribution in [1.29, 1.82) is 0 Å². The van der Waals surface area contributed by atoms with Gasteiger partial charge in [0.25, 0.3) is 0 Å². The minimum absolute atomic E-state index is 0.00240. The zero-order valence-electron chi connectivity index (χ0n) is 36.9. The van der Waals surface area contributed by atoms with E-state index < -0.39 is 76.6 Å². The van der Waals surface area contributed by atoms with Gasteiger partial charge in [-0.1, -0.05) is 204 Å². The maximum Gasteiger partial charge on any atom is 0.179 e. The van der Waals surface area contributed by atoms with Crippen LogP contribution in [0.3, 0.4) is 0 Å². The van der Waals surface area contributed by atoms with Crippen molar-refractivity contribution in [2.24, 2.45) is 0 Å². The van der Waals surface area contributed by atoms with Crippen LogP contribution in [0.15, 0.2) is 204 Å². The van der Waals surface area contributed by atoms with E-state index in [1.807, 2.05) is 0 Å². The first-order valence-electron chi connectivity index (χ1n) is 20.8. The second-order valence-electron chi connectivity index (χ2n) is 10.4. The summed E-state index contributed by atoms with van der Waals surface area (Å²) in [6.45, 7) is 0. The fourth-order valence-electron chi connectivity index (χ4n) is 6.18. The third-order valence-electron chi connectivity index (χ3n) is 8.05. The van der Waals surface area contributed by atoms with Gasteiger partial charge in [-0.15, -0.1) is 0 Å². The molecule has 0 heterocycles. The Bertz CT molecular complexity index is 2400. The largest absolute Gasteiger partial charge is 0.179 e. The monoisotopic (exact) mass is 685 g/mol. The maximum absolute atomic E-state index is 10.6. The van der Waals surface area contributed by atoms with Crippen molar-refractivity contribution in [2.45, 2.75) is 0 Å². The molecule has 0 radical (unpaired) electrons. The Morgan fingerprint density at radius 2 is 0.622 bits per heavy atom. The summed E-state index contributed by atoms with van der Waals surface area (Å²) in [5.74, 6) is 0. The molecule has 0 bridgehead atoms. The molecule has 7 aromatic rings. The highest BCUT2D eigenvalue weighted by molar-refractivity contribution is 9.10. The molecule has 0 N–H and O–H groups in total. The van der Waals surface area contributed by atoms with Crippen LogP contribution in [0.25, 0.3) is 0 Å². The molecule has 0 nitrogen and oxygen atoms in total. The summed E-state index contributed by atoms with van der Waals surface area (Å²) in [7, 11) is -8.90. The molecule has 3 heteroatoms. The number of halogens is 1. The highest BCUT2D eigenvalue weighted by Gasteiger charge is 2.45. The summed E-state index contributed by atoms with van der Waals surface area (Å²) in [5.41, 5.74) is 0. The maximum atomic E-state index is 10.6. The molecule has 7 rings (SSSR count). The van der Waals surface area contributed by atoms with Crippen molar-refractivity contribution in [1.82, 2.24) is 0 Å². The van der Waals surface area contributed by atoms with E-state index in [-0.39, 0.29) is 43.3 Å². The van der Waals surface area contributed by atoms with Crippen molar-refractivity contribution >= 4 is 73.6 Å². The average molecular weight is 687 g/mol. The van der Waals surface area contributed by atoms with E-state index in [1.165, 1.54) is 0 Å². The molecule has 0 atom stereocenters. The minimum Gasteiger partial charge on any atom is -0.0623 e. The van der Waals surface area contributed by atoms with Gasteiger partial charge in [-0.25, -0.2) is 0 Å². The van der Waals surface area contributed by atoms with E-state index in [0.717, 1.165) is 0 Å². The Labute approximate surface area is 295 Å². The Morgan fingerprint density at radius 1 is 0.333 bits per heavy atom. The molecule has 0 saturated carbocycles. The smallest absolute Gasteiger partial charge is 0.0623 e. The van der Waals surface area contributed by atoms with Crippen LogP contribution in [0.2, 0.25) is 0 Å². The van der Waals surface area contributed by atoms with Gasteiger partial charge in [0.2, 0.25) is 0 Å². The lowest BCUT2D eigenvalue weighted by molar-refractivity contribution is 1.64. The third kappa shape index (κ3) is 5.17. The summed E-state index contributed by atoms with van der Waals surface area (Å²) < 4.78 is 121. The molecule has 0 spiro atoms. The summed E-state index contributed by atoms with van der Waals surface area (Å²) >= 11 is 3.58. The third-order valence-corrected chi connectivity index (χ3v) is 17.2. The topological polar surface area (TPSA) is 0 Å². The lowest BCUT2D eigenvalue weighted by Gasteiger charge is -2.38. The fraction of sp³-hybridized carbons (Fsp3) is 0. The lowest BCUT2D eigenvalue weighted by atomic mass is 10.3. The van der Waals surface area contributed by atoms with Crippen LogP contribution in [0.1, 0.15) is 17.8 Å². The van der Waals surface area contributed by atoms with Crippen LogP contribution in [0, 0.1) is 0 Å². The molecule has 0 aliphatic carbocycles. The van der Waals surface area contributed by atoms with Gasteiger partial charge in [0, 0.05) is 4.47 Å². The first-order chi connectivity index (χ1) is 27.7. The van der Waals surface area contributed by atoms with E-state index in [2.05, 4.69) is 15.9 Å². The Kier molecular flexibility index (Phi) is 5.08. The van der Waals surface area contributed by atoms with E-state index in [9.17, 15) is 9.60 Å². The van der Waals surface area contributed by atoms with Crippen molar-refractivity contribution in [3.8, 4) is 0 Å². The van der Waals surface area contributed by atoms with Crippen LogP contribution in [0.4, 0.5) is 0 Å². The molecule has 0 amide bonds. The molecule has 0 saturated heterocycles. The van der Waals surface area contributed by atoms with Gasteiger partial charge in [-0.2, -0.15) is 0 Å². The van der Waals surface area contributed by atoms with E-state index in [1.54, 1.807) is 121 Å². The van der Waals surface area contributed by atoms with E-state index >= 15 is 0 Å². The Balaban J connectivity index is 1.85. The van der Waals surface area contributed by atoms with Gasteiger partial charge in [0.1, 0.15) is 0 Å². The predicted octanol–water partition coefficient (Wildman–Crippen LogP) is 5.20. The molecule has 0 aliphatic heterocycles. The summed E-state index contributed by atoms with van der Waals surface area (Å²) in [5, 5.41) is 1.78. The van der Waals surface area contributed by atoms with Crippen LogP contribution in [-0.4, -0.2) is 16.1 Å². The zero-order chi connectivity index (χ0) is 41.8. The molecule has 7 aromatic carbocycles. The Hall–Kier alpha value is -4.55. The molecule has 0 fully saturated rings. The van der Waals surface area contributed by atoms with Crippen LogP contribution in [-0.2, 0) is 0 Å². The van der Waals surface area contributed by atoms with Crippen molar-refractivity contribution in [3.63, 3.8) is 0 Å². The standard InChI is InChI=1S/C42H33BrSi2/c43-34-31-41(44(35-19-7-1-8-20-35,36-21-9-2-10-22-36)37-23-11-3-12-24-37)33-42(32-34)45(38-25-13-4-14-26-38,39-27-15-5-16-28-39)40-29-17-6-18-30-40/h1-33H/i1D,4D,7D,8D,13D,14D,19D,20D,25D,26D,31D,32D,33D. The SMILES string of the molecule is [2H]c1c([2H])c([2H])c([Si](c2ccccc2)(c2ccccc2)c2c([2H])c(Br)c([2H])c([Si](c3ccccc3)(c3ccccc3)c3c([2H])c([2H])c([2H])c([2H])c3[2H])c2[2H])c([2H])c1[2H]. The first kappa shape index (κ1) is 17.8. The number of rotatable bonds is 8. The predicted molar refractivity (Wildman–Crippen MR) is 201 cm³/mol. The molecule has 0 aromatic heterocycles. The van der Waals surface area contributed by atoms with Crippen LogP contribution >= 0.6 is 15.9 Å². The molecule has 216 valence electrons. The van der Waals surface area contributed by atoms with E-state index in [0.29, 0.717) is 20.7 Å². The summed E-state index contributed by atoms with van der Waals surface area (Å²) in [4.78, 5) is 0. The van der Waals surface area contributed by atoms with Crippen LogP contribution in [0.5, 0.6) is 0 Å². The molecular weight excluding hydrogens is 641 g/mol. The Morgan fingerprint density at radius 3 is 0.911 bits per heavy atom. The number of benzene rings is 7. The van der Waals surface area contributed by atoms with Crippen molar-refractivity contribution in [2.75, 3.05) is 0 Å². The highest BCUT2D eigenvalue weighted by atomic mass is 79.9. The second-order valence-corrected chi connectivity index (χ2v) is 18.5. The average Bonchev–Trinajstić information content (AvgIpc) is 3.25. The van der Waals surface area contributed by atoms with Crippen LogP contribution < -0.4 is 41.5 Å². The second kappa shape index (κ2) is 12.8.